The summed E-state index contributed by atoms with van der Waals surface area (Å²) in [6.07, 6.45) is 0.677. The fourth-order valence-electron chi connectivity index (χ4n) is 2.83. The molecule has 0 amide bonds. The van der Waals surface area contributed by atoms with Gasteiger partial charge >= 0.3 is 8.60 Å². The molecule has 0 spiro atoms. The number of methoxy groups -OCH3 is 2. The maximum absolute atomic E-state index is 11.1. The van der Waals surface area contributed by atoms with Gasteiger partial charge in [-0.05, 0) is 48.9 Å². The Morgan fingerprint density at radius 3 is 2.18 bits per heavy atom. The van der Waals surface area contributed by atoms with E-state index < -0.39 is 13.5 Å². The Kier molecular flexibility index (Phi) is 8.24. The average Bonchev–Trinajstić information content (AvgIpc) is 2.84. The highest BCUT2D eigenvalue weighted by Gasteiger charge is 2.23. The number of aryl methyl sites for hydroxylation is 1. The number of nitrogens with zero attached hydrogens (tertiary/aromatic N) is 1. The van der Waals surface area contributed by atoms with Gasteiger partial charge in [0.05, 0.1) is 31.8 Å². The van der Waals surface area contributed by atoms with Crippen molar-refractivity contribution in [3.63, 3.8) is 0 Å². The van der Waals surface area contributed by atoms with E-state index >= 15 is 0 Å². The molecule has 1 unspecified atom stereocenters. The molecule has 1 N–H and O–H groups in total. The molecular formula is C23H22NO9P. The SMILES string of the molecule is COc1cc(C)ccc1OP(OCc1ccc([N+](=O)[O-])cc1O)Oc1ccc(C=O)cc1OC. The van der Waals surface area contributed by atoms with Gasteiger partial charge in [0.1, 0.15) is 12.0 Å². The molecule has 0 aliphatic rings. The van der Waals surface area contributed by atoms with Gasteiger partial charge in [0.25, 0.3) is 5.69 Å². The summed E-state index contributed by atoms with van der Waals surface area (Å²) in [5.74, 6) is 1.07. The van der Waals surface area contributed by atoms with Crippen molar-refractivity contribution < 1.29 is 37.9 Å². The Hall–Kier alpha value is -3.88. The molecule has 0 radical (unpaired) electrons. The number of carbonyl (C=O) groups is 1. The molecule has 178 valence electrons. The van der Waals surface area contributed by atoms with Crippen molar-refractivity contribution in [3.05, 3.63) is 81.4 Å². The number of phenols is 1. The molecule has 3 rings (SSSR count). The number of benzene rings is 3. The molecule has 1 atom stereocenters. The number of hydrogen-bond acceptors (Lipinski definition) is 9. The molecule has 0 bridgehead atoms. The average molecular weight is 487 g/mol. The van der Waals surface area contributed by atoms with Crippen LogP contribution in [0.5, 0.6) is 28.7 Å². The molecule has 0 saturated heterocycles. The van der Waals surface area contributed by atoms with Gasteiger partial charge in [0.2, 0.25) is 0 Å². The predicted molar refractivity (Wildman–Crippen MR) is 124 cm³/mol. The summed E-state index contributed by atoms with van der Waals surface area (Å²) in [4.78, 5) is 21.4. The molecule has 0 fully saturated rings. The van der Waals surface area contributed by atoms with Crippen LogP contribution in [0.15, 0.2) is 54.6 Å². The molecule has 0 heterocycles. The van der Waals surface area contributed by atoms with Crippen molar-refractivity contribution in [1.82, 2.24) is 0 Å². The minimum atomic E-state index is -2.13. The highest BCUT2D eigenvalue weighted by molar-refractivity contribution is 7.42. The topological polar surface area (TPSA) is 127 Å². The molecule has 0 saturated carbocycles. The number of carbonyl (C=O) groups excluding carboxylic acids is 1. The van der Waals surface area contributed by atoms with E-state index in [4.69, 9.17) is 23.0 Å². The van der Waals surface area contributed by atoms with Crippen LogP contribution in [0.4, 0.5) is 5.69 Å². The van der Waals surface area contributed by atoms with Crippen LogP contribution in [0.1, 0.15) is 21.5 Å². The monoisotopic (exact) mass is 487 g/mol. The van der Waals surface area contributed by atoms with E-state index in [9.17, 15) is 20.0 Å². The van der Waals surface area contributed by atoms with Gasteiger partial charge < -0.3 is 23.6 Å². The van der Waals surface area contributed by atoms with Gasteiger partial charge in [-0.25, -0.2) is 0 Å². The first-order chi connectivity index (χ1) is 16.3. The summed E-state index contributed by atoms with van der Waals surface area (Å²) < 4.78 is 28.4. The zero-order valence-electron chi connectivity index (χ0n) is 18.6. The number of ether oxygens (including phenoxy) is 2. The predicted octanol–water partition coefficient (Wildman–Crippen LogP) is 5.34. The van der Waals surface area contributed by atoms with E-state index in [1.54, 1.807) is 24.3 Å². The third-order valence-electron chi connectivity index (χ3n) is 4.59. The number of aldehydes is 1. The lowest BCUT2D eigenvalue weighted by molar-refractivity contribution is -0.384. The Morgan fingerprint density at radius 2 is 1.59 bits per heavy atom. The molecule has 0 aliphatic carbocycles. The fraction of sp³-hybridized carbons (Fsp3) is 0.174. The maximum Gasteiger partial charge on any atom is 0.463 e. The number of aromatic hydroxyl groups is 1. The van der Waals surface area contributed by atoms with E-state index in [-0.39, 0.29) is 23.8 Å². The van der Waals surface area contributed by atoms with Crippen molar-refractivity contribution in [3.8, 4) is 28.7 Å². The number of phenolic OH excluding ortho intramolecular Hbond substituents is 1. The summed E-state index contributed by atoms with van der Waals surface area (Å²) >= 11 is 0. The van der Waals surface area contributed by atoms with Crippen LogP contribution in [0.25, 0.3) is 0 Å². The first-order valence-electron chi connectivity index (χ1n) is 9.87. The van der Waals surface area contributed by atoms with Gasteiger partial charge in [0, 0.05) is 17.2 Å². The number of rotatable bonds is 11. The number of non-ortho nitro benzene ring substituents is 1. The minimum absolute atomic E-state index is 0.168. The third-order valence-corrected chi connectivity index (χ3v) is 5.63. The molecule has 0 aromatic heterocycles. The van der Waals surface area contributed by atoms with E-state index in [1.807, 2.05) is 13.0 Å². The van der Waals surface area contributed by atoms with Gasteiger partial charge in [0.15, 0.2) is 23.0 Å². The van der Waals surface area contributed by atoms with E-state index in [2.05, 4.69) is 0 Å². The fourth-order valence-corrected chi connectivity index (χ4v) is 3.84. The van der Waals surface area contributed by atoms with Crippen molar-refractivity contribution in [2.24, 2.45) is 0 Å². The summed E-state index contributed by atoms with van der Waals surface area (Å²) in [5, 5.41) is 21.1. The van der Waals surface area contributed by atoms with Crippen LogP contribution in [0.2, 0.25) is 0 Å². The molecule has 3 aromatic carbocycles. The molecule has 34 heavy (non-hydrogen) atoms. The molecule has 3 aromatic rings. The second-order valence-corrected chi connectivity index (χ2v) is 8.00. The Balaban J connectivity index is 1.87. The lowest BCUT2D eigenvalue weighted by Gasteiger charge is -2.20. The van der Waals surface area contributed by atoms with Crippen LogP contribution in [-0.4, -0.2) is 30.5 Å². The van der Waals surface area contributed by atoms with Crippen molar-refractivity contribution in [2.45, 2.75) is 13.5 Å². The third kappa shape index (κ3) is 6.12. The lowest BCUT2D eigenvalue weighted by atomic mass is 10.2. The Bertz CT molecular complexity index is 1190. The van der Waals surface area contributed by atoms with Gasteiger partial charge in [-0.3, -0.25) is 19.4 Å². The first-order valence-corrected chi connectivity index (χ1v) is 11.0. The quantitative estimate of drug-likeness (QED) is 0.165. The standard InChI is InChI=1S/C23H22NO9P/c1-15-4-8-20(22(10-15)29-2)32-34(33-21-9-5-16(13-25)11-23(21)30-3)31-14-17-6-7-18(24(27)28)12-19(17)26/h4-13,26H,14H2,1-3H3. The van der Waals surface area contributed by atoms with Crippen molar-refractivity contribution >= 4 is 20.6 Å². The van der Waals surface area contributed by atoms with E-state index in [0.29, 0.717) is 34.7 Å². The van der Waals surface area contributed by atoms with Crippen LogP contribution in [0, 0.1) is 17.0 Å². The summed E-state index contributed by atoms with van der Waals surface area (Å²) in [5.41, 5.74) is 1.40. The zero-order chi connectivity index (χ0) is 24.7. The zero-order valence-corrected chi connectivity index (χ0v) is 19.5. The lowest BCUT2D eigenvalue weighted by Crippen LogP contribution is -2.03. The molecule has 10 nitrogen and oxygen atoms in total. The molecule has 0 aliphatic heterocycles. The molecule has 11 heteroatoms. The second kappa shape index (κ2) is 11.3. The van der Waals surface area contributed by atoms with Gasteiger partial charge in [-0.2, -0.15) is 0 Å². The van der Waals surface area contributed by atoms with Gasteiger partial charge in [-0.15, -0.1) is 0 Å². The highest BCUT2D eigenvalue weighted by Crippen LogP contribution is 2.47. The van der Waals surface area contributed by atoms with Crippen LogP contribution in [0.3, 0.4) is 0 Å². The maximum atomic E-state index is 11.1. The van der Waals surface area contributed by atoms with E-state index in [0.717, 1.165) is 11.6 Å². The summed E-state index contributed by atoms with van der Waals surface area (Å²) in [6.45, 7) is 1.73. The highest BCUT2D eigenvalue weighted by atomic mass is 31.2. The van der Waals surface area contributed by atoms with Crippen LogP contribution < -0.4 is 18.5 Å². The van der Waals surface area contributed by atoms with Gasteiger partial charge in [-0.1, -0.05) is 6.07 Å². The summed E-state index contributed by atoms with van der Waals surface area (Å²) in [6, 6.07) is 13.6. The number of hydrogen-bond donors (Lipinski definition) is 1. The number of nitro benzene ring substituents is 1. The van der Waals surface area contributed by atoms with E-state index in [1.165, 1.54) is 32.4 Å². The second-order valence-electron chi connectivity index (χ2n) is 6.93. The minimum Gasteiger partial charge on any atom is -0.507 e. The summed E-state index contributed by atoms with van der Waals surface area (Å²) in [7, 11) is 0.801. The number of nitro groups is 1. The van der Waals surface area contributed by atoms with Crippen LogP contribution in [-0.2, 0) is 11.1 Å². The Labute approximate surface area is 196 Å². The smallest absolute Gasteiger partial charge is 0.463 e. The van der Waals surface area contributed by atoms with Crippen molar-refractivity contribution in [1.29, 1.82) is 0 Å². The van der Waals surface area contributed by atoms with Crippen LogP contribution >= 0.6 is 8.60 Å². The first kappa shape index (κ1) is 24.8. The van der Waals surface area contributed by atoms with Crippen molar-refractivity contribution in [2.75, 3.05) is 14.2 Å². The normalized spacial score (nSPS) is 11.4. The Morgan fingerprint density at radius 1 is 0.941 bits per heavy atom. The largest absolute Gasteiger partial charge is 0.507 e. The molecular weight excluding hydrogens is 465 g/mol.